The Morgan fingerprint density at radius 1 is 0.978 bits per heavy atom. The van der Waals surface area contributed by atoms with Crippen molar-refractivity contribution in [3.63, 3.8) is 0 Å². The van der Waals surface area contributed by atoms with E-state index in [9.17, 15) is 18.3 Å². The maximum Gasteiger partial charge on any atom is 0.490 e. The molecule has 0 aliphatic carbocycles. The summed E-state index contributed by atoms with van der Waals surface area (Å²) in [7, 11) is 0. The van der Waals surface area contributed by atoms with Crippen LogP contribution in [0.2, 0.25) is 0 Å². The number of aliphatic carboxylic acids is 1. The number of carboxylic acids is 1. The zero-order chi connectivity index (χ0) is 31.8. The van der Waals surface area contributed by atoms with E-state index in [4.69, 9.17) is 29.3 Å². The van der Waals surface area contributed by atoms with E-state index in [1.807, 2.05) is 24.4 Å². The zero-order valence-corrected chi connectivity index (χ0v) is 24.7. The molecule has 3 N–H and O–H groups in total. The highest BCUT2D eigenvalue weighted by atomic mass is 19.4. The lowest BCUT2D eigenvalue weighted by Gasteiger charge is -2.28. The summed E-state index contributed by atoms with van der Waals surface area (Å²) < 4.78 is 42.7. The van der Waals surface area contributed by atoms with Crippen LogP contribution in [0, 0.1) is 0 Å². The Morgan fingerprint density at radius 2 is 1.69 bits per heavy atom. The summed E-state index contributed by atoms with van der Waals surface area (Å²) in [5.74, 6) is -0.0330. The molecule has 0 unspecified atom stereocenters. The molecule has 1 aromatic carbocycles. The maximum atomic E-state index is 10.6. The highest BCUT2D eigenvalue weighted by molar-refractivity contribution is 5.78. The molecule has 5 heterocycles. The third-order valence-corrected chi connectivity index (χ3v) is 7.59. The van der Waals surface area contributed by atoms with E-state index in [0.717, 1.165) is 106 Å². The lowest BCUT2D eigenvalue weighted by molar-refractivity contribution is -0.192. The summed E-state index contributed by atoms with van der Waals surface area (Å²) in [6, 6.07) is 11.5. The molecule has 242 valence electrons. The van der Waals surface area contributed by atoms with Crippen molar-refractivity contribution in [1.82, 2.24) is 19.9 Å². The number of pyridine rings is 1. The number of alkyl halides is 3. The number of carboxylic acid groups (broad SMARTS) is 1. The number of ether oxygens (including phenoxy) is 2. The predicted octanol–water partition coefficient (Wildman–Crippen LogP) is 3.54. The molecular formula is C30H36F3N7O5. The number of rotatable bonds is 8. The van der Waals surface area contributed by atoms with Crippen LogP contribution in [0.3, 0.4) is 0 Å². The van der Waals surface area contributed by atoms with Crippen molar-refractivity contribution in [2.75, 3.05) is 87.4 Å². The van der Waals surface area contributed by atoms with Gasteiger partial charge in [0.25, 0.3) is 0 Å². The molecule has 0 bridgehead atoms. The van der Waals surface area contributed by atoms with Crippen LogP contribution in [-0.2, 0) is 20.7 Å². The van der Waals surface area contributed by atoms with E-state index in [1.54, 1.807) is 12.1 Å². The van der Waals surface area contributed by atoms with Crippen LogP contribution in [0.5, 0.6) is 5.75 Å². The Balaban J connectivity index is 0.000000515. The van der Waals surface area contributed by atoms with Crippen LogP contribution in [0.4, 0.5) is 36.4 Å². The Hall–Kier alpha value is -4.21. The van der Waals surface area contributed by atoms with Crippen molar-refractivity contribution in [3.8, 4) is 17.0 Å². The number of hydrogen-bond acceptors (Lipinski definition) is 11. The average Bonchev–Trinajstić information content (AvgIpc) is 3.48. The molecule has 12 nitrogen and oxygen atoms in total. The molecule has 15 heteroatoms. The number of morpholine rings is 2. The van der Waals surface area contributed by atoms with Gasteiger partial charge in [-0.25, -0.2) is 14.8 Å². The van der Waals surface area contributed by atoms with Crippen LogP contribution in [0.15, 0.2) is 42.6 Å². The van der Waals surface area contributed by atoms with E-state index >= 15 is 0 Å². The minimum absolute atomic E-state index is 0.233. The van der Waals surface area contributed by atoms with Gasteiger partial charge < -0.3 is 34.8 Å². The Morgan fingerprint density at radius 3 is 2.38 bits per heavy atom. The number of hydrogen-bond donors (Lipinski definition) is 3. The van der Waals surface area contributed by atoms with Gasteiger partial charge in [-0.2, -0.15) is 18.2 Å². The number of nitrogens with one attached hydrogen (secondary N) is 1. The second kappa shape index (κ2) is 14.7. The molecule has 3 aliphatic heterocycles. The van der Waals surface area contributed by atoms with Crippen LogP contribution in [0.1, 0.15) is 12.0 Å². The summed E-state index contributed by atoms with van der Waals surface area (Å²) in [6.07, 6.45) is -1.34. The first-order chi connectivity index (χ1) is 21.7. The molecule has 0 amide bonds. The lowest BCUT2D eigenvalue weighted by Crippen LogP contribution is -2.37. The largest absolute Gasteiger partial charge is 0.508 e. The number of carbonyl (C=O) groups is 1. The van der Waals surface area contributed by atoms with Crippen molar-refractivity contribution >= 4 is 29.2 Å². The lowest BCUT2D eigenvalue weighted by atomic mass is 10.1. The number of aromatic hydroxyl groups is 1. The molecule has 2 saturated heterocycles. The number of aromatic nitrogens is 3. The topological polar surface area (TPSA) is 136 Å². The Kier molecular flexibility index (Phi) is 10.5. The normalized spacial score (nSPS) is 17.0. The quantitative estimate of drug-likeness (QED) is 0.314. The fourth-order valence-electron chi connectivity index (χ4n) is 5.32. The van der Waals surface area contributed by atoms with E-state index in [0.29, 0.717) is 19.2 Å². The zero-order valence-electron chi connectivity index (χ0n) is 24.7. The molecule has 3 aromatic rings. The molecular weight excluding hydrogens is 595 g/mol. The van der Waals surface area contributed by atoms with Crippen molar-refractivity contribution in [1.29, 1.82) is 0 Å². The molecule has 2 fully saturated rings. The van der Waals surface area contributed by atoms with E-state index in [-0.39, 0.29) is 5.75 Å². The van der Waals surface area contributed by atoms with Gasteiger partial charge in [0, 0.05) is 68.3 Å². The minimum atomic E-state index is -5.08. The van der Waals surface area contributed by atoms with Gasteiger partial charge in [0.15, 0.2) is 0 Å². The molecule has 45 heavy (non-hydrogen) atoms. The van der Waals surface area contributed by atoms with Gasteiger partial charge in [-0.05, 0) is 37.6 Å². The summed E-state index contributed by atoms with van der Waals surface area (Å²) in [6.45, 7) is 9.27. The number of benzene rings is 1. The number of halogens is 3. The third kappa shape index (κ3) is 8.49. The van der Waals surface area contributed by atoms with Crippen molar-refractivity contribution in [2.24, 2.45) is 0 Å². The molecule has 0 atom stereocenters. The highest BCUT2D eigenvalue weighted by Crippen LogP contribution is 2.40. The van der Waals surface area contributed by atoms with Gasteiger partial charge in [-0.3, -0.25) is 4.90 Å². The monoisotopic (exact) mass is 631 g/mol. The molecule has 2 aromatic heterocycles. The van der Waals surface area contributed by atoms with Crippen LogP contribution in [0.25, 0.3) is 11.3 Å². The first-order valence-electron chi connectivity index (χ1n) is 14.8. The number of phenols is 1. The van der Waals surface area contributed by atoms with E-state index in [1.165, 1.54) is 0 Å². The second-order valence-corrected chi connectivity index (χ2v) is 10.7. The SMILES string of the molecule is O=C(O)C(F)(F)F.Oc1cccc(-c2nc(N3CCOCC3)nc3c2CCN3c2ccnc(NCCCN3CCOCC3)c2)c1. The second-order valence-electron chi connectivity index (χ2n) is 10.7. The summed E-state index contributed by atoms with van der Waals surface area (Å²) in [5, 5.41) is 20.8. The van der Waals surface area contributed by atoms with Gasteiger partial charge in [0.05, 0.1) is 32.1 Å². The minimum Gasteiger partial charge on any atom is -0.508 e. The standard InChI is InChI=1S/C28H35N7O3.C2HF3O2/c36-23-4-1-3-21(19-23)26-24-6-10-35(27(24)32-28(31-26)34-13-17-38-18-14-34)22-5-8-30-25(20-22)29-7-2-9-33-11-15-37-16-12-33;3-2(4,5)1(6)7/h1,3-5,8,19-20,36H,2,6-7,9-18H2,(H,29,30);(H,6,7). The smallest absolute Gasteiger partial charge is 0.490 e. The van der Waals surface area contributed by atoms with Crippen LogP contribution in [-0.4, -0.2) is 114 Å². The molecule has 6 rings (SSSR count). The molecule has 0 radical (unpaired) electrons. The molecule has 3 aliphatic rings. The first kappa shape index (κ1) is 32.2. The van der Waals surface area contributed by atoms with E-state index in [2.05, 4.69) is 31.1 Å². The fourth-order valence-corrected chi connectivity index (χ4v) is 5.32. The number of fused-ring (bicyclic) bond motifs is 1. The van der Waals surface area contributed by atoms with Gasteiger partial charge in [-0.15, -0.1) is 0 Å². The van der Waals surface area contributed by atoms with Gasteiger partial charge in [-0.1, -0.05) is 12.1 Å². The van der Waals surface area contributed by atoms with Gasteiger partial charge >= 0.3 is 12.1 Å². The van der Waals surface area contributed by atoms with Crippen molar-refractivity contribution in [3.05, 3.63) is 48.2 Å². The number of phenolic OH excluding ortho intramolecular Hbond substituents is 1. The highest BCUT2D eigenvalue weighted by Gasteiger charge is 2.38. The average molecular weight is 632 g/mol. The third-order valence-electron chi connectivity index (χ3n) is 7.59. The fraction of sp³-hybridized carbons (Fsp3) is 0.467. The van der Waals surface area contributed by atoms with Crippen molar-refractivity contribution in [2.45, 2.75) is 19.0 Å². The van der Waals surface area contributed by atoms with Gasteiger partial charge in [0.1, 0.15) is 17.4 Å². The summed E-state index contributed by atoms with van der Waals surface area (Å²) in [5.41, 5.74) is 3.94. The molecule has 0 saturated carbocycles. The Bertz CT molecular complexity index is 1450. The van der Waals surface area contributed by atoms with Gasteiger partial charge in [0.2, 0.25) is 5.95 Å². The maximum absolute atomic E-state index is 10.6. The van der Waals surface area contributed by atoms with Crippen LogP contribution >= 0.6 is 0 Å². The molecule has 0 spiro atoms. The predicted molar refractivity (Wildman–Crippen MR) is 161 cm³/mol. The Labute approximate surface area is 258 Å². The van der Waals surface area contributed by atoms with Crippen LogP contribution < -0.4 is 15.1 Å². The first-order valence-corrected chi connectivity index (χ1v) is 14.8. The summed E-state index contributed by atoms with van der Waals surface area (Å²) >= 11 is 0. The summed E-state index contributed by atoms with van der Waals surface area (Å²) in [4.78, 5) is 30.4. The number of nitrogens with zero attached hydrogens (tertiary/aromatic N) is 6. The number of anilines is 4. The van der Waals surface area contributed by atoms with E-state index < -0.39 is 12.1 Å². The van der Waals surface area contributed by atoms with Crippen molar-refractivity contribution < 1.29 is 37.7 Å².